The third-order valence-corrected chi connectivity index (χ3v) is 4.43. The predicted molar refractivity (Wildman–Crippen MR) is 82.6 cm³/mol. The molecule has 0 atom stereocenters. The molecule has 0 unspecified atom stereocenters. The molecule has 0 spiro atoms. The van der Waals surface area contributed by atoms with Crippen LogP contribution in [0.4, 0.5) is 5.69 Å². The van der Waals surface area contributed by atoms with Crippen LogP contribution in [-0.4, -0.2) is 29.4 Å². The first-order chi connectivity index (χ1) is 9.53. The van der Waals surface area contributed by atoms with Crippen LogP contribution in [0.15, 0.2) is 12.1 Å². The van der Waals surface area contributed by atoms with Crippen LogP contribution in [0.3, 0.4) is 0 Å². The van der Waals surface area contributed by atoms with Gasteiger partial charge in [0.2, 0.25) is 0 Å². The van der Waals surface area contributed by atoms with Crippen molar-refractivity contribution in [2.24, 2.45) is 0 Å². The minimum atomic E-state index is -0.886. The van der Waals surface area contributed by atoms with Crippen LogP contribution in [-0.2, 0) is 20.5 Å². The number of carboxylic acid groups (broad SMARTS) is 1. The highest BCUT2D eigenvalue weighted by atomic mass is 16.7. The molecule has 6 heteroatoms. The van der Waals surface area contributed by atoms with Gasteiger partial charge in [-0.05, 0) is 63.3 Å². The zero-order chi connectivity index (χ0) is 16.0. The molecule has 0 aliphatic carbocycles. The summed E-state index contributed by atoms with van der Waals surface area (Å²) < 4.78 is 12.0. The van der Waals surface area contributed by atoms with E-state index in [1.165, 1.54) is 0 Å². The number of hydrogen-bond acceptors (Lipinski definition) is 4. The van der Waals surface area contributed by atoms with Crippen LogP contribution < -0.4 is 11.2 Å². The van der Waals surface area contributed by atoms with Crippen molar-refractivity contribution in [2.45, 2.75) is 52.2 Å². The first kappa shape index (κ1) is 15.9. The van der Waals surface area contributed by atoms with Gasteiger partial charge in [0.25, 0.3) is 0 Å². The van der Waals surface area contributed by atoms with Crippen molar-refractivity contribution in [3.63, 3.8) is 0 Å². The van der Waals surface area contributed by atoms with Crippen molar-refractivity contribution in [2.75, 3.05) is 5.73 Å². The maximum Gasteiger partial charge on any atom is 0.495 e. The molecule has 5 nitrogen and oxygen atoms in total. The first-order valence-electron chi connectivity index (χ1n) is 7.00. The van der Waals surface area contributed by atoms with Crippen LogP contribution in [0.5, 0.6) is 0 Å². The Hall–Kier alpha value is -1.53. The number of carbonyl (C=O) groups is 1. The Kier molecular flexibility index (Phi) is 3.80. The number of carboxylic acids is 1. The van der Waals surface area contributed by atoms with E-state index in [0.29, 0.717) is 11.3 Å². The molecule has 1 aliphatic rings. The van der Waals surface area contributed by atoms with Gasteiger partial charge >= 0.3 is 13.1 Å². The summed E-state index contributed by atoms with van der Waals surface area (Å²) in [6.45, 7) is 9.79. The van der Waals surface area contributed by atoms with Crippen molar-refractivity contribution in [3.05, 3.63) is 23.3 Å². The second kappa shape index (κ2) is 5.03. The van der Waals surface area contributed by atoms with Gasteiger partial charge in [0.15, 0.2) is 0 Å². The maximum absolute atomic E-state index is 11.0. The molecule has 1 saturated heterocycles. The topological polar surface area (TPSA) is 81.8 Å². The molecule has 1 heterocycles. The van der Waals surface area contributed by atoms with E-state index in [-0.39, 0.29) is 6.42 Å². The molecule has 3 N–H and O–H groups in total. The Balaban J connectivity index is 2.42. The Morgan fingerprint density at radius 1 is 1.24 bits per heavy atom. The van der Waals surface area contributed by atoms with Gasteiger partial charge in [0.05, 0.1) is 17.6 Å². The largest absolute Gasteiger partial charge is 0.495 e. The minimum absolute atomic E-state index is 0.0661. The fraction of sp³-hybridized carbons (Fsp3) is 0.533. The highest BCUT2D eigenvalue weighted by Gasteiger charge is 2.52. The number of nitrogen functional groups attached to an aromatic ring is 1. The van der Waals surface area contributed by atoms with E-state index in [1.807, 2.05) is 34.6 Å². The number of benzene rings is 1. The van der Waals surface area contributed by atoms with Crippen LogP contribution in [0.25, 0.3) is 0 Å². The van der Waals surface area contributed by atoms with E-state index >= 15 is 0 Å². The first-order valence-corrected chi connectivity index (χ1v) is 7.00. The molecule has 0 amide bonds. The molecule has 0 saturated carbocycles. The highest BCUT2D eigenvalue weighted by Crippen LogP contribution is 2.37. The fourth-order valence-electron chi connectivity index (χ4n) is 2.39. The second-order valence-corrected chi connectivity index (χ2v) is 6.55. The molecule has 1 fully saturated rings. The summed E-state index contributed by atoms with van der Waals surface area (Å²) in [5.74, 6) is -0.886. The SMILES string of the molecule is Cc1c(CC(=O)O)cc(N)cc1B1OC(C)(C)C(C)(C)O1. The second-order valence-electron chi connectivity index (χ2n) is 6.55. The van der Waals surface area contributed by atoms with Gasteiger partial charge in [-0.15, -0.1) is 0 Å². The Morgan fingerprint density at radius 3 is 2.24 bits per heavy atom. The normalized spacial score (nSPS) is 19.8. The van der Waals surface area contributed by atoms with Gasteiger partial charge in [0.1, 0.15) is 0 Å². The molecule has 114 valence electrons. The average Bonchev–Trinajstić information content (AvgIpc) is 2.52. The molecule has 1 aromatic rings. The Labute approximate surface area is 125 Å². The zero-order valence-electron chi connectivity index (χ0n) is 13.2. The third kappa shape index (κ3) is 2.92. The number of nitrogens with two attached hydrogens (primary N) is 1. The monoisotopic (exact) mass is 291 g/mol. The molecule has 21 heavy (non-hydrogen) atoms. The van der Waals surface area contributed by atoms with E-state index in [2.05, 4.69) is 0 Å². The quantitative estimate of drug-likeness (QED) is 0.651. The molecule has 0 aromatic heterocycles. The Bertz CT molecular complexity index is 567. The van der Waals surface area contributed by atoms with Gasteiger partial charge in [-0.25, -0.2) is 0 Å². The van der Waals surface area contributed by atoms with E-state index in [0.717, 1.165) is 11.0 Å². The van der Waals surface area contributed by atoms with Gasteiger partial charge in [0, 0.05) is 5.69 Å². The molecule has 0 bridgehead atoms. The lowest BCUT2D eigenvalue weighted by atomic mass is 9.74. The van der Waals surface area contributed by atoms with Crippen LogP contribution in [0, 0.1) is 6.92 Å². The lowest BCUT2D eigenvalue weighted by molar-refractivity contribution is -0.136. The maximum atomic E-state index is 11.0. The minimum Gasteiger partial charge on any atom is -0.481 e. The standard InChI is InChI=1S/C15H22BNO4/c1-9-10(7-13(18)19)6-11(17)8-12(9)16-20-14(2,3)15(4,5)21-16/h6,8H,7,17H2,1-5H3,(H,18,19). The van der Waals surface area contributed by atoms with Crippen LogP contribution in [0.1, 0.15) is 38.8 Å². The number of aliphatic carboxylic acids is 1. The molecular formula is C15H22BNO4. The third-order valence-electron chi connectivity index (χ3n) is 4.43. The predicted octanol–water partition coefficient (Wildman–Crippen LogP) is 1.50. The molecule has 2 rings (SSSR count). The summed E-state index contributed by atoms with van der Waals surface area (Å²) in [5, 5.41) is 9.00. The molecule has 0 radical (unpaired) electrons. The molecule has 1 aromatic carbocycles. The van der Waals surface area contributed by atoms with Gasteiger partial charge in [-0.3, -0.25) is 4.79 Å². The van der Waals surface area contributed by atoms with Crippen LogP contribution >= 0.6 is 0 Å². The van der Waals surface area contributed by atoms with Crippen LogP contribution in [0.2, 0.25) is 0 Å². The van der Waals surface area contributed by atoms with Crippen molar-refractivity contribution < 1.29 is 19.2 Å². The smallest absolute Gasteiger partial charge is 0.481 e. The summed E-state index contributed by atoms with van der Waals surface area (Å²) in [6.07, 6.45) is -0.0661. The summed E-state index contributed by atoms with van der Waals surface area (Å²) in [6, 6.07) is 3.49. The lowest BCUT2D eigenvalue weighted by Gasteiger charge is -2.32. The number of anilines is 1. The van der Waals surface area contributed by atoms with Crippen molar-refractivity contribution in [3.8, 4) is 0 Å². The Morgan fingerprint density at radius 2 is 1.76 bits per heavy atom. The highest BCUT2D eigenvalue weighted by molar-refractivity contribution is 6.62. The zero-order valence-corrected chi connectivity index (χ0v) is 13.2. The average molecular weight is 291 g/mol. The number of rotatable bonds is 3. The van der Waals surface area contributed by atoms with E-state index in [1.54, 1.807) is 12.1 Å². The summed E-state index contributed by atoms with van der Waals surface area (Å²) in [4.78, 5) is 11.0. The van der Waals surface area contributed by atoms with E-state index in [9.17, 15) is 4.79 Å². The molecule has 1 aliphatic heterocycles. The van der Waals surface area contributed by atoms with Gasteiger partial charge in [-0.1, -0.05) is 0 Å². The van der Waals surface area contributed by atoms with E-state index < -0.39 is 24.3 Å². The fourth-order valence-corrected chi connectivity index (χ4v) is 2.39. The van der Waals surface area contributed by atoms with Gasteiger partial charge < -0.3 is 20.1 Å². The summed E-state index contributed by atoms with van der Waals surface area (Å²) in [7, 11) is -0.536. The summed E-state index contributed by atoms with van der Waals surface area (Å²) >= 11 is 0. The lowest BCUT2D eigenvalue weighted by Crippen LogP contribution is -2.41. The summed E-state index contributed by atoms with van der Waals surface area (Å²) in [5.41, 5.74) is 7.87. The number of hydrogen-bond donors (Lipinski definition) is 2. The molecular weight excluding hydrogens is 269 g/mol. The van der Waals surface area contributed by atoms with Crippen molar-refractivity contribution in [1.82, 2.24) is 0 Å². The van der Waals surface area contributed by atoms with Crippen molar-refractivity contribution in [1.29, 1.82) is 0 Å². The van der Waals surface area contributed by atoms with Gasteiger partial charge in [-0.2, -0.15) is 0 Å². The van der Waals surface area contributed by atoms with Crippen molar-refractivity contribution >= 4 is 24.2 Å². The van der Waals surface area contributed by atoms with E-state index in [4.69, 9.17) is 20.1 Å².